The summed E-state index contributed by atoms with van der Waals surface area (Å²) in [6.45, 7) is 0. The summed E-state index contributed by atoms with van der Waals surface area (Å²) < 4.78 is 5.30. The van der Waals surface area contributed by atoms with E-state index in [4.69, 9.17) is 0 Å². The number of esters is 1. The number of halogens is 1. The molecule has 0 aliphatic heterocycles. The summed E-state index contributed by atoms with van der Waals surface area (Å²) in [6, 6.07) is 12.4. The molecule has 102 valence electrons. The molecule has 0 aromatic heterocycles. The SMILES string of the molecule is COC(=O)c1ccc(C=Cc2ccc(O)c(Br)c2)cc1. The van der Waals surface area contributed by atoms with Gasteiger partial charge < -0.3 is 9.84 Å². The molecule has 0 saturated heterocycles. The van der Waals surface area contributed by atoms with Crippen molar-refractivity contribution in [3.63, 3.8) is 0 Å². The molecule has 0 saturated carbocycles. The second-order valence-corrected chi connectivity index (χ2v) is 5.01. The summed E-state index contributed by atoms with van der Waals surface area (Å²) >= 11 is 3.27. The van der Waals surface area contributed by atoms with Crippen LogP contribution < -0.4 is 0 Å². The molecule has 0 radical (unpaired) electrons. The third-order valence-corrected chi connectivity index (χ3v) is 3.41. The van der Waals surface area contributed by atoms with Crippen LogP contribution in [0.3, 0.4) is 0 Å². The maximum Gasteiger partial charge on any atom is 0.337 e. The number of benzene rings is 2. The van der Waals surface area contributed by atoms with Crippen molar-refractivity contribution in [1.82, 2.24) is 0 Å². The molecule has 0 heterocycles. The fraction of sp³-hybridized carbons (Fsp3) is 0.0625. The molecule has 0 amide bonds. The second-order valence-electron chi connectivity index (χ2n) is 4.16. The largest absolute Gasteiger partial charge is 0.507 e. The van der Waals surface area contributed by atoms with Crippen molar-refractivity contribution < 1.29 is 14.6 Å². The average Bonchev–Trinajstić information content (AvgIpc) is 2.48. The van der Waals surface area contributed by atoms with Gasteiger partial charge in [0.25, 0.3) is 0 Å². The molecule has 4 heteroatoms. The summed E-state index contributed by atoms with van der Waals surface area (Å²) in [7, 11) is 1.36. The molecule has 1 N–H and O–H groups in total. The summed E-state index contributed by atoms with van der Waals surface area (Å²) in [6.07, 6.45) is 3.86. The minimum absolute atomic E-state index is 0.213. The zero-order valence-corrected chi connectivity index (χ0v) is 12.4. The van der Waals surface area contributed by atoms with Gasteiger partial charge in [-0.05, 0) is 51.3 Å². The van der Waals surface area contributed by atoms with Crippen LogP contribution in [-0.2, 0) is 4.74 Å². The molecule has 3 nitrogen and oxygen atoms in total. The number of hydrogen-bond donors (Lipinski definition) is 1. The Morgan fingerprint density at radius 3 is 2.30 bits per heavy atom. The van der Waals surface area contributed by atoms with Crippen LogP contribution in [0.15, 0.2) is 46.9 Å². The number of aromatic hydroxyl groups is 1. The molecule has 0 aliphatic carbocycles. The van der Waals surface area contributed by atoms with E-state index in [-0.39, 0.29) is 11.7 Å². The van der Waals surface area contributed by atoms with Gasteiger partial charge in [-0.15, -0.1) is 0 Å². The minimum atomic E-state index is -0.344. The maximum absolute atomic E-state index is 11.3. The van der Waals surface area contributed by atoms with Crippen LogP contribution in [0.5, 0.6) is 5.75 Å². The predicted molar refractivity (Wildman–Crippen MR) is 82.5 cm³/mol. The van der Waals surface area contributed by atoms with Gasteiger partial charge in [-0.2, -0.15) is 0 Å². The van der Waals surface area contributed by atoms with Gasteiger partial charge in [-0.3, -0.25) is 0 Å². The van der Waals surface area contributed by atoms with Gasteiger partial charge in [0.05, 0.1) is 17.1 Å². The maximum atomic E-state index is 11.3. The van der Waals surface area contributed by atoms with Crippen molar-refractivity contribution in [3.8, 4) is 5.75 Å². The van der Waals surface area contributed by atoms with Crippen molar-refractivity contribution in [2.75, 3.05) is 7.11 Å². The van der Waals surface area contributed by atoms with Crippen LogP contribution in [0.4, 0.5) is 0 Å². The van der Waals surface area contributed by atoms with Crippen LogP contribution in [0.2, 0.25) is 0 Å². The summed E-state index contributed by atoms with van der Waals surface area (Å²) in [5.41, 5.74) is 2.46. The molecule has 0 unspecified atom stereocenters. The molecular weight excluding hydrogens is 320 g/mol. The Labute approximate surface area is 125 Å². The second kappa shape index (κ2) is 6.39. The summed E-state index contributed by atoms with van der Waals surface area (Å²) in [5, 5.41) is 9.42. The zero-order chi connectivity index (χ0) is 14.5. The Balaban J connectivity index is 2.15. The number of ether oxygens (including phenoxy) is 1. The lowest BCUT2D eigenvalue weighted by molar-refractivity contribution is 0.0600. The monoisotopic (exact) mass is 332 g/mol. The Morgan fingerprint density at radius 2 is 1.70 bits per heavy atom. The molecule has 2 aromatic rings. The quantitative estimate of drug-likeness (QED) is 0.679. The van der Waals surface area contributed by atoms with Crippen LogP contribution in [0.25, 0.3) is 12.2 Å². The van der Waals surface area contributed by atoms with Gasteiger partial charge in [0.1, 0.15) is 5.75 Å². The van der Waals surface area contributed by atoms with Crippen molar-refractivity contribution >= 4 is 34.1 Å². The van der Waals surface area contributed by atoms with Crippen molar-refractivity contribution in [3.05, 3.63) is 63.6 Å². The lowest BCUT2D eigenvalue weighted by Gasteiger charge is -2.00. The van der Waals surface area contributed by atoms with Gasteiger partial charge in [0.2, 0.25) is 0 Å². The van der Waals surface area contributed by atoms with E-state index in [0.717, 1.165) is 11.1 Å². The van der Waals surface area contributed by atoms with E-state index in [1.54, 1.807) is 18.2 Å². The number of rotatable bonds is 3. The van der Waals surface area contributed by atoms with Crippen LogP contribution in [0, 0.1) is 0 Å². The van der Waals surface area contributed by atoms with Gasteiger partial charge in [-0.25, -0.2) is 4.79 Å². The van der Waals surface area contributed by atoms with E-state index >= 15 is 0 Å². The molecule has 0 fully saturated rings. The highest BCUT2D eigenvalue weighted by molar-refractivity contribution is 9.10. The number of phenolic OH excluding ortho intramolecular Hbond substituents is 1. The van der Waals surface area contributed by atoms with Crippen LogP contribution >= 0.6 is 15.9 Å². The van der Waals surface area contributed by atoms with Crippen LogP contribution in [0.1, 0.15) is 21.5 Å². The number of phenols is 1. The number of hydrogen-bond acceptors (Lipinski definition) is 3. The minimum Gasteiger partial charge on any atom is -0.507 e. The molecule has 0 aliphatic rings. The molecule has 2 aromatic carbocycles. The predicted octanol–water partition coefficient (Wildman–Crippen LogP) is 4.11. The highest BCUT2D eigenvalue weighted by Crippen LogP contribution is 2.25. The molecular formula is C16H13BrO3. The van der Waals surface area contributed by atoms with Gasteiger partial charge >= 0.3 is 5.97 Å². The average molecular weight is 333 g/mol. The van der Waals surface area contributed by atoms with E-state index in [9.17, 15) is 9.90 Å². The Hall–Kier alpha value is -2.07. The first-order valence-electron chi connectivity index (χ1n) is 5.95. The smallest absolute Gasteiger partial charge is 0.337 e. The molecule has 2 rings (SSSR count). The lowest BCUT2D eigenvalue weighted by Crippen LogP contribution is -2.00. The first kappa shape index (κ1) is 14.3. The van der Waals surface area contributed by atoms with E-state index in [1.807, 2.05) is 36.4 Å². The molecule has 0 bridgehead atoms. The van der Waals surface area contributed by atoms with Crippen molar-refractivity contribution in [1.29, 1.82) is 0 Å². The normalized spacial score (nSPS) is 10.7. The van der Waals surface area contributed by atoms with E-state index in [0.29, 0.717) is 10.0 Å². The topological polar surface area (TPSA) is 46.5 Å². The Bertz CT molecular complexity index is 645. The highest BCUT2D eigenvalue weighted by atomic mass is 79.9. The van der Waals surface area contributed by atoms with Crippen LogP contribution in [-0.4, -0.2) is 18.2 Å². The third kappa shape index (κ3) is 3.48. The fourth-order valence-electron chi connectivity index (χ4n) is 1.67. The van der Waals surface area contributed by atoms with Gasteiger partial charge in [0.15, 0.2) is 0 Å². The summed E-state index contributed by atoms with van der Waals surface area (Å²) in [4.78, 5) is 11.3. The number of carbonyl (C=O) groups excluding carboxylic acids is 1. The molecule has 0 spiro atoms. The summed E-state index contributed by atoms with van der Waals surface area (Å²) in [5.74, 6) is -0.132. The van der Waals surface area contributed by atoms with E-state index in [2.05, 4.69) is 20.7 Å². The zero-order valence-electron chi connectivity index (χ0n) is 10.8. The lowest BCUT2D eigenvalue weighted by atomic mass is 10.1. The molecule has 20 heavy (non-hydrogen) atoms. The van der Waals surface area contributed by atoms with Gasteiger partial charge in [-0.1, -0.05) is 30.4 Å². The first-order valence-corrected chi connectivity index (χ1v) is 6.74. The van der Waals surface area contributed by atoms with Crippen molar-refractivity contribution in [2.24, 2.45) is 0 Å². The van der Waals surface area contributed by atoms with Gasteiger partial charge in [0, 0.05) is 0 Å². The standard InChI is InChI=1S/C16H13BrO3/c1-20-16(19)13-7-4-11(5-8-13)2-3-12-6-9-15(18)14(17)10-12/h2-10,18H,1H3. The highest BCUT2D eigenvalue weighted by Gasteiger charge is 2.03. The third-order valence-electron chi connectivity index (χ3n) is 2.77. The molecule has 0 atom stereocenters. The van der Waals surface area contributed by atoms with Crippen molar-refractivity contribution in [2.45, 2.75) is 0 Å². The number of methoxy groups -OCH3 is 1. The van der Waals surface area contributed by atoms with E-state index < -0.39 is 0 Å². The first-order chi connectivity index (χ1) is 9.60. The Morgan fingerprint density at radius 1 is 1.10 bits per heavy atom. The number of carbonyl (C=O) groups is 1. The fourth-order valence-corrected chi connectivity index (χ4v) is 2.06. The Kier molecular flexibility index (Phi) is 4.58. The van der Waals surface area contributed by atoms with E-state index in [1.165, 1.54) is 7.11 Å².